The number of hydrogen-bond donors (Lipinski definition) is 2. The summed E-state index contributed by atoms with van der Waals surface area (Å²) in [6.45, 7) is 8.90. The molecular formula is C22H49NO3. The number of aliphatic hydroxyl groups excluding tert-OH is 2. The van der Waals surface area contributed by atoms with E-state index in [4.69, 9.17) is 0 Å². The zero-order valence-corrected chi connectivity index (χ0v) is 17.9. The smallest absolute Gasteiger partial charge is 0.102 e. The highest BCUT2D eigenvalue weighted by Crippen LogP contribution is 2.16. The molecule has 0 aromatic carbocycles. The summed E-state index contributed by atoms with van der Waals surface area (Å²) < 4.78 is 0.928. The van der Waals surface area contributed by atoms with Gasteiger partial charge >= 0.3 is 0 Å². The zero-order chi connectivity index (χ0) is 18.6. The standard InChI is InChI=1S/C22H48NO2.H2O/c1-3-5-7-9-11-13-15-17-23(19-21-24,20-22-25)18-16-14-12-10-8-6-4-2;/h24-25H,3-22H2,1-2H3;1H2/q+1;/p-1. The molecule has 0 bridgehead atoms. The third-order valence-electron chi connectivity index (χ3n) is 5.62. The van der Waals surface area contributed by atoms with Crippen LogP contribution in [0.5, 0.6) is 0 Å². The number of hydrogen-bond acceptors (Lipinski definition) is 3. The van der Waals surface area contributed by atoms with E-state index in [0.29, 0.717) is 0 Å². The van der Waals surface area contributed by atoms with E-state index in [1.54, 1.807) is 0 Å². The first kappa shape index (κ1) is 28.1. The molecular weight excluding hydrogens is 326 g/mol. The first-order valence-electron chi connectivity index (χ1n) is 11.3. The SMILES string of the molecule is CCCCCCCCC[N+](CCO)(CCO)CCCCCCCCC.[OH-]. The molecule has 0 spiro atoms. The van der Waals surface area contributed by atoms with Gasteiger partial charge in [-0.15, -0.1) is 0 Å². The molecule has 0 atom stereocenters. The summed E-state index contributed by atoms with van der Waals surface area (Å²) in [7, 11) is 0. The predicted octanol–water partition coefficient (Wildman–Crippen LogP) is 5.11. The van der Waals surface area contributed by atoms with E-state index < -0.39 is 0 Å². The van der Waals surface area contributed by atoms with E-state index in [-0.39, 0.29) is 18.7 Å². The highest BCUT2D eigenvalue weighted by Gasteiger charge is 2.25. The lowest BCUT2D eigenvalue weighted by Crippen LogP contribution is -2.52. The third-order valence-corrected chi connectivity index (χ3v) is 5.62. The van der Waals surface area contributed by atoms with E-state index in [9.17, 15) is 10.2 Å². The molecule has 0 aliphatic heterocycles. The summed E-state index contributed by atoms with van der Waals surface area (Å²) in [5.41, 5.74) is 0. The fraction of sp³-hybridized carbons (Fsp3) is 1.00. The Kier molecular flexibility index (Phi) is 22.8. The fourth-order valence-corrected chi connectivity index (χ4v) is 3.90. The molecule has 0 saturated carbocycles. The molecule has 0 aromatic rings. The number of rotatable bonds is 20. The summed E-state index contributed by atoms with van der Waals surface area (Å²) in [6, 6.07) is 0. The van der Waals surface area contributed by atoms with Crippen molar-refractivity contribution in [2.45, 2.75) is 104 Å². The second-order valence-electron chi connectivity index (χ2n) is 7.93. The summed E-state index contributed by atoms with van der Waals surface area (Å²) in [5.74, 6) is 0. The number of unbranched alkanes of at least 4 members (excludes halogenated alkanes) is 12. The van der Waals surface area contributed by atoms with Gasteiger partial charge in [0.25, 0.3) is 0 Å². The molecule has 0 amide bonds. The number of aliphatic hydroxyl groups is 2. The van der Waals surface area contributed by atoms with Crippen LogP contribution in [0.25, 0.3) is 0 Å². The molecule has 0 aromatic heterocycles. The van der Waals surface area contributed by atoms with Crippen LogP contribution in [0.3, 0.4) is 0 Å². The zero-order valence-electron chi connectivity index (χ0n) is 17.9. The van der Waals surface area contributed by atoms with E-state index in [2.05, 4.69) is 13.8 Å². The van der Waals surface area contributed by atoms with Gasteiger partial charge in [0.15, 0.2) is 0 Å². The minimum Gasteiger partial charge on any atom is -0.870 e. The molecule has 0 aliphatic carbocycles. The van der Waals surface area contributed by atoms with Crippen LogP contribution < -0.4 is 0 Å². The van der Waals surface area contributed by atoms with Gasteiger partial charge < -0.3 is 20.2 Å². The lowest BCUT2D eigenvalue weighted by Gasteiger charge is -2.38. The van der Waals surface area contributed by atoms with Crippen molar-refractivity contribution in [1.29, 1.82) is 0 Å². The molecule has 0 aliphatic rings. The van der Waals surface area contributed by atoms with Crippen molar-refractivity contribution in [2.24, 2.45) is 0 Å². The van der Waals surface area contributed by atoms with E-state index >= 15 is 0 Å². The average molecular weight is 376 g/mol. The molecule has 0 fully saturated rings. The maximum absolute atomic E-state index is 9.53. The van der Waals surface area contributed by atoms with Crippen molar-refractivity contribution in [3.8, 4) is 0 Å². The molecule has 0 unspecified atom stereocenters. The lowest BCUT2D eigenvalue weighted by atomic mass is 10.1. The summed E-state index contributed by atoms with van der Waals surface area (Å²) in [6.07, 6.45) is 18.6. The normalized spacial score (nSPS) is 11.5. The van der Waals surface area contributed by atoms with Crippen LogP contribution >= 0.6 is 0 Å². The van der Waals surface area contributed by atoms with Crippen LogP contribution in [-0.2, 0) is 0 Å². The monoisotopic (exact) mass is 375 g/mol. The molecule has 0 rings (SSSR count). The summed E-state index contributed by atoms with van der Waals surface area (Å²) >= 11 is 0. The Bertz CT molecular complexity index is 236. The van der Waals surface area contributed by atoms with Crippen LogP contribution in [0.4, 0.5) is 0 Å². The third kappa shape index (κ3) is 16.0. The van der Waals surface area contributed by atoms with Gasteiger partial charge in [-0.25, -0.2) is 0 Å². The summed E-state index contributed by atoms with van der Waals surface area (Å²) in [4.78, 5) is 0. The topological polar surface area (TPSA) is 70.5 Å². The van der Waals surface area contributed by atoms with Gasteiger partial charge in [-0.2, -0.15) is 0 Å². The van der Waals surface area contributed by atoms with Gasteiger partial charge in [0.2, 0.25) is 0 Å². The quantitative estimate of drug-likeness (QED) is 0.229. The molecule has 0 saturated heterocycles. The number of nitrogens with zero attached hydrogens (tertiary/aromatic N) is 1. The van der Waals surface area contributed by atoms with E-state index in [0.717, 1.165) is 30.7 Å². The Hall–Kier alpha value is -0.160. The van der Waals surface area contributed by atoms with Gasteiger partial charge in [0.1, 0.15) is 13.1 Å². The Balaban J connectivity index is 0. The second kappa shape index (κ2) is 21.1. The average Bonchev–Trinajstić information content (AvgIpc) is 2.61. The van der Waals surface area contributed by atoms with Crippen LogP contribution in [0.15, 0.2) is 0 Å². The molecule has 4 nitrogen and oxygen atoms in total. The minimum absolute atomic E-state index is 0. The first-order valence-corrected chi connectivity index (χ1v) is 11.3. The largest absolute Gasteiger partial charge is 0.870 e. The molecule has 4 heteroatoms. The van der Waals surface area contributed by atoms with Crippen molar-refractivity contribution in [2.75, 3.05) is 39.4 Å². The van der Waals surface area contributed by atoms with E-state index in [1.807, 2.05) is 0 Å². The van der Waals surface area contributed by atoms with Gasteiger partial charge in [-0.3, -0.25) is 0 Å². The maximum Gasteiger partial charge on any atom is 0.102 e. The Labute approximate surface area is 163 Å². The fourth-order valence-electron chi connectivity index (χ4n) is 3.90. The van der Waals surface area contributed by atoms with Gasteiger partial charge in [-0.05, 0) is 25.7 Å². The molecule has 160 valence electrons. The van der Waals surface area contributed by atoms with Crippen LogP contribution in [0.2, 0.25) is 0 Å². The number of quaternary nitrogens is 1. The van der Waals surface area contributed by atoms with E-state index in [1.165, 1.54) is 89.9 Å². The molecule has 0 radical (unpaired) electrons. The Morgan fingerprint density at radius 1 is 0.462 bits per heavy atom. The second-order valence-corrected chi connectivity index (χ2v) is 7.93. The Morgan fingerprint density at radius 2 is 0.769 bits per heavy atom. The maximum atomic E-state index is 9.53. The van der Waals surface area contributed by atoms with Crippen LogP contribution in [0.1, 0.15) is 104 Å². The highest BCUT2D eigenvalue weighted by molar-refractivity contribution is 4.52. The van der Waals surface area contributed by atoms with Crippen molar-refractivity contribution in [3.63, 3.8) is 0 Å². The minimum atomic E-state index is 0. The molecule has 3 N–H and O–H groups in total. The highest BCUT2D eigenvalue weighted by atomic mass is 16.3. The molecule has 26 heavy (non-hydrogen) atoms. The van der Waals surface area contributed by atoms with Crippen molar-refractivity contribution < 1.29 is 20.2 Å². The predicted molar refractivity (Wildman–Crippen MR) is 112 cm³/mol. The van der Waals surface area contributed by atoms with Crippen LogP contribution in [-0.4, -0.2) is 59.6 Å². The first-order chi connectivity index (χ1) is 12.2. The van der Waals surface area contributed by atoms with Crippen molar-refractivity contribution >= 4 is 0 Å². The Morgan fingerprint density at radius 3 is 1.08 bits per heavy atom. The summed E-state index contributed by atoms with van der Waals surface area (Å²) in [5, 5.41) is 19.1. The van der Waals surface area contributed by atoms with Crippen LogP contribution in [0, 0.1) is 0 Å². The van der Waals surface area contributed by atoms with Gasteiger partial charge in [0.05, 0.1) is 26.3 Å². The van der Waals surface area contributed by atoms with Gasteiger partial charge in [-0.1, -0.05) is 78.1 Å². The van der Waals surface area contributed by atoms with Gasteiger partial charge in [0, 0.05) is 0 Å². The molecule has 0 heterocycles. The van der Waals surface area contributed by atoms with Crippen molar-refractivity contribution in [3.05, 3.63) is 0 Å². The lowest BCUT2D eigenvalue weighted by molar-refractivity contribution is -0.929. The van der Waals surface area contributed by atoms with Crippen molar-refractivity contribution in [1.82, 2.24) is 0 Å².